The number of rotatable bonds is 3. The minimum atomic E-state index is -3.45. The number of hydrogen-bond acceptors (Lipinski definition) is 3. The van der Waals surface area contributed by atoms with Crippen LogP contribution in [0.4, 0.5) is 0 Å². The predicted molar refractivity (Wildman–Crippen MR) is 87.3 cm³/mol. The maximum atomic E-state index is 12.7. The molecule has 0 radical (unpaired) electrons. The van der Waals surface area contributed by atoms with Crippen molar-refractivity contribution in [2.75, 3.05) is 13.1 Å². The molecule has 5 heteroatoms. The summed E-state index contributed by atoms with van der Waals surface area (Å²) in [6.07, 6.45) is 1.24. The quantitative estimate of drug-likeness (QED) is 0.859. The number of piperidine rings is 1. The lowest BCUT2D eigenvalue weighted by atomic mass is 9.87. The molecule has 1 fully saturated rings. The van der Waals surface area contributed by atoms with Gasteiger partial charge in [0, 0.05) is 19.0 Å². The zero-order chi connectivity index (χ0) is 16.5. The van der Waals surface area contributed by atoms with Gasteiger partial charge in [0.25, 0.3) is 0 Å². The van der Waals surface area contributed by atoms with Gasteiger partial charge in [0.2, 0.25) is 10.0 Å². The summed E-state index contributed by atoms with van der Waals surface area (Å²) in [7, 11) is -3.45. The third-order valence-electron chi connectivity index (χ3n) is 4.39. The van der Waals surface area contributed by atoms with E-state index in [4.69, 9.17) is 0 Å². The van der Waals surface area contributed by atoms with Crippen molar-refractivity contribution >= 4 is 15.8 Å². The second kappa shape index (κ2) is 6.13. The molecule has 4 nitrogen and oxygen atoms in total. The Labute approximate surface area is 133 Å². The van der Waals surface area contributed by atoms with E-state index < -0.39 is 10.0 Å². The molecular weight excluding hydrogens is 298 g/mol. The normalized spacial score (nSPS) is 18.4. The minimum Gasteiger partial charge on any atom is -0.300 e. The molecule has 1 aliphatic rings. The molecule has 1 aliphatic heterocycles. The second-order valence-corrected chi connectivity index (χ2v) is 9.00. The molecule has 0 atom stereocenters. The number of ketones is 1. The first-order valence-corrected chi connectivity index (χ1v) is 9.17. The zero-order valence-electron chi connectivity index (χ0n) is 13.8. The fraction of sp³-hybridized carbons (Fsp3) is 0.588. The second-order valence-electron chi connectivity index (χ2n) is 7.06. The highest BCUT2D eigenvalue weighted by molar-refractivity contribution is 7.89. The van der Waals surface area contributed by atoms with Gasteiger partial charge in [-0.05, 0) is 42.9 Å². The number of nitrogens with zero attached hydrogens (tertiary/aromatic N) is 1. The van der Waals surface area contributed by atoms with Crippen LogP contribution in [-0.2, 0) is 20.2 Å². The molecule has 122 valence electrons. The van der Waals surface area contributed by atoms with E-state index in [2.05, 4.69) is 20.8 Å². The number of carbonyl (C=O) groups excluding carboxylic acids is 1. The smallest absolute Gasteiger partial charge is 0.243 e. The topological polar surface area (TPSA) is 54.5 Å². The molecule has 0 spiro atoms. The van der Waals surface area contributed by atoms with Gasteiger partial charge in [0.05, 0.1) is 4.90 Å². The monoisotopic (exact) mass is 323 g/mol. The van der Waals surface area contributed by atoms with Crippen LogP contribution in [0.25, 0.3) is 0 Å². The van der Waals surface area contributed by atoms with Crippen LogP contribution in [0.2, 0.25) is 0 Å². The summed E-state index contributed by atoms with van der Waals surface area (Å²) in [6.45, 7) is 8.73. The Bertz CT molecular complexity index is 633. The first-order valence-electron chi connectivity index (χ1n) is 7.73. The van der Waals surface area contributed by atoms with Crippen molar-refractivity contribution in [3.63, 3.8) is 0 Å². The summed E-state index contributed by atoms with van der Waals surface area (Å²) in [6, 6.07) is 7.14. The highest BCUT2D eigenvalue weighted by atomic mass is 32.2. The fourth-order valence-corrected chi connectivity index (χ4v) is 4.25. The predicted octanol–water partition coefficient (Wildman–Crippen LogP) is 2.97. The van der Waals surface area contributed by atoms with Gasteiger partial charge in [-0.15, -0.1) is 0 Å². The molecular formula is C17H25NO3S. The molecule has 0 aliphatic carbocycles. The van der Waals surface area contributed by atoms with Gasteiger partial charge in [0.15, 0.2) is 0 Å². The van der Waals surface area contributed by atoms with Crippen LogP contribution in [0.1, 0.15) is 46.1 Å². The van der Waals surface area contributed by atoms with Crippen molar-refractivity contribution in [2.45, 2.75) is 50.8 Å². The van der Waals surface area contributed by atoms with E-state index in [0.717, 1.165) is 5.56 Å². The molecule has 0 bridgehead atoms. The van der Waals surface area contributed by atoms with E-state index in [0.29, 0.717) is 30.8 Å². The summed E-state index contributed by atoms with van der Waals surface area (Å²) < 4.78 is 26.8. The molecule has 2 rings (SSSR count). The van der Waals surface area contributed by atoms with Gasteiger partial charge >= 0.3 is 0 Å². The van der Waals surface area contributed by atoms with Gasteiger partial charge < -0.3 is 0 Å². The lowest BCUT2D eigenvalue weighted by Crippen LogP contribution is -2.39. The number of hydrogen-bond donors (Lipinski definition) is 0. The van der Waals surface area contributed by atoms with E-state index in [1.807, 2.05) is 12.1 Å². The minimum absolute atomic E-state index is 0.00211. The molecule has 1 aromatic rings. The van der Waals surface area contributed by atoms with Crippen molar-refractivity contribution < 1.29 is 13.2 Å². The fourth-order valence-electron chi connectivity index (χ4n) is 2.78. The van der Waals surface area contributed by atoms with Gasteiger partial charge in [-0.1, -0.05) is 32.9 Å². The number of carbonyl (C=O) groups is 1. The standard InChI is InChI=1S/C17H25NO3S/c1-13(19)14-9-11-18(12-10-14)22(20,21)16-7-5-15(6-8-16)17(2,3)4/h5-8,14H,9-12H2,1-4H3. The Hall–Kier alpha value is -1.20. The number of benzene rings is 1. The summed E-state index contributed by atoms with van der Waals surface area (Å²) in [5.41, 5.74) is 1.11. The van der Waals surface area contributed by atoms with Crippen molar-refractivity contribution in [1.82, 2.24) is 4.31 Å². The Balaban J connectivity index is 2.16. The van der Waals surface area contributed by atoms with Gasteiger partial charge in [-0.2, -0.15) is 4.31 Å². The lowest BCUT2D eigenvalue weighted by molar-refractivity contribution is -0.121. The van der Waals surface area contributed by atoms with Gasteiger partial charge in [-0.25, -0.2) is 8.42 Å². The highest BCUT2D eigenvalue weighted by Gasteiger charge is 2.31. The van der Waals surface area contributed by atoms with Crippen LogP contribution in [0.5, 0.6) is 0 Å². The number of Topliss-reactive ketones (excluding diaryl/α,β-unsaturated/α-hetero) is 1. The highest BCUT2D eigenvalue weighted by Crippen LogP contribution is 2.27. The molecule has 0 N–H and O–H groups in total. The molecule has 1 saturated heterocycles. The van der Waals surface area contributed by atoms with Crippen LogP contribution in [0.3, 0.4) is 0 Å². The van der Waals surface area contributed by atoms with Crippen LogP contribution < -0.4 is 0 Å². The largest absolute Gasteiger partial charge is 0.300 e. The zero-order valence-corrected chi connectivity index (χ0v) is 14.6. The molecule has 0 unspecified atom stereocenters. The third-order valence-corrected chi connectivity index (χ3v) is 6.30. The summed E-state index contributed by atoms with van der Waals surface area (Å²) in [5.74, 6) is 0.168. The molecule has 0 aromatic heterocycles. The van der Waals surface area contributed by atoms with E-state index >= 15 is 0 Å². The van der Waals surface area contributed by atoms with E-state index in [1.54, 1.807) is 19.1 Å². The van der Waals surface area contributed by atoms with E-state index in [-0.39, 0.29) is 17.1 Å². The Morgan fingerprint density at radius 3 is 2.00 bits per heavy atom. The maximum Gasteiger partial charge on any atom is 0.243 e. The van der Waals surface area contributed by atoms with Crippen molar-refractivity contribution in [3.05, 3.63) is 29.8 Å². The molecule has 0 amide bonds. The molecule has 0 saturated carbocycles. The van der Waals surface area contributed by atoms with E-state index in [9.17, 15) is 13.2 Å². The van der Waals surface area contributed by atoms with Crippen molar-refractivity contribution in [1.29, 1.82) is 0 Å². The van der Waals surface area contributed by atoms with Crippen LogP contribution in [0.15, 0.2) is 29.2 Å². The number of sulfonamides is 1. The summed E-state index contributed by atoms with van der Waals surface area (Å²) in [5, 5.41) is 0. The first-order chi connectivity index (χ1) is 10.1. The SMILES string of the molecule is CC(=O)C1CCN(S(=O)(=O)c2ccc(C(C)(C)C)cc2)CC1. The van der Waals surface area contributed by atoms with E-state index in [1.165, 1.54) is 4.31 Å². The summed E-state index contributed by atoms with van der Waals surface area (Å²) >= 11 is 0. The van der Waals surface area contributed by atoms with Crippen LogP contribution >= 0.6 is 0 Å². The van der Waals surface area contributed by atoms with Crippen LogP contribution in [-0.4, -0.2) is 31.6 Å². The molecule has 1 aromatic carbocycles. The summed E-state index contributed by atoms with van der Waals surface area (Å²) in [4.78, 5) is 11.7. The average Bonchev–Trinajstić information content (AvgIpc) is 2.46. The van der Waals surface area contributed by atoms with Gasteiger partial charge in [0.1, 0.15) is 5.78 Å². The van der Waals surface area contributed by atoms with Crippen molar-refractivity contribution in [2.24, 2.45) is 5.92 Å². The average molecular weight is 323 g/mol. The molecule has 22 heavy (non-hydrogen) atoms. The van der Waals surface area contributed by atoms with Crippen molar-refractivity contribution in [3.8, 4) is 0 Å². The Kier molecular flexibility index (Phi) is 4.78. The van der Waals surface area contributed by atoms with Crippen LogP contribution in [0, 0.1) is 5.92 Å². The van der Waals surface area contributed by atoms with Gasteiger partial charge in [-0.3, -0.25) is 4.79 Å². The first kappa shape index (κ1) is 17.2. The Morgan fingerprint density at radius 1 is 1.09 bits per heavy atom. The lowest BCUT2D eigenvalue weighted by Gasteiger charge is -2.30. The maximum absolute atomic E-state index is 12.7. The molecule has 1 heterocycles. The third kappa shape index (κ3) is 3.58. The Morgan fingerprint density at radius 2 is 1.59 bits per heavy atom.